The number of phenolic OH excluding ortho intramolecular Hbond substituents is 1. The summed E-state index contributed by atoms with van der Waals surface area (Å²) >= 11 is 0. The van der Waals surface area contributed by atoms with Gasteiger partial charge in [0.15, 0.2) is 23.9 Å². The van der Waals surface area contributed by atoms with Gasteiger partial charge in [0.1, 0.15) is 0 Å². The Morgan fingerprint density at radius 2 is 2.08 bits per heavy atom. The first-order valence-electron chi connectivity index (χ1n) is 7.47. The number of nitrogens with one attached hydrogen (secondary N) is 1. The van der Waals surface area contributed by atoms with Crippen LogP contribution in [0.3, 0.4) is 0 Å². The molecule has 0 aliphatic carbocycles. The fourth-order valence-corrected chi connectivity index (χ4v) is 2.02. The van der Waals surface area contributed by atoms with Gasteiger partial charge in [-0.2, -0.15) is 5.10 Å². The Kier molecular flexibility index (Phi) is 6.10. The summed E-state index contributed by atoms with van der Waals surface area (Å²) < 4.78 is 10.2. The monoisotopic (exact) mass is 359 g/mol. The van der Waals surface area contributed by atoms with Crippen molar-refractivity contribution in [3.8, 4) is 17.2 Å². The summed E-state index contributed by atoms with van der Waals surface area (Å²) in [6.45, 7) is 1.29. The molecule has 0 aromatic heterocycles. The minimum absolute atomic E-state index is 0.00278. The molecule has 0 heterocycles. The number of aromatic hydroxyl groups is 1. The quantitative estimate of drug-likeness (QED) is 0.443. The van der Waals surface area contributed by atoms with Crippen molar-refractivity contribution >= 4 is 17.8 Å². The number of hydrazone groups is 1. The molecule has 1 amide bonds. The van der Waals surface area contributed by atoms with Crippen molar-refractivity contribution in [3.05, 3.63) is 57.6 Å². The molecule has 0 unspecified atom stereocenters. The van der Waals surface area contributed by atoms with Crippen LogP contribution in [0.1, 0.15) is 11.1 Å². The molecule has 0 spiro atoms. The molecule has 9 heteroatoms. The van der Waals surface area contributed by atoms with Crippen LogP contribution in [0, 0.1) is 17.0 Å². The number of nitro benzene ring substituents is 1. The number of methoxy groups -OCH3 is 1. The van der Waals surface area contributed by atoms with E-state index in [0.717, 1.165) is 0 Å². The minimum atomic E-state index is -0.582. The molecule has 0 fully saturated rings. The van der Waals surface area contributed by atoms with E-state index in [-0.39, 0.29) is 22.9 Å². The third-order valence-corrected chi connectivity index (χ3v) is 3.28. The topological polar surface area (TPSA) is 123 Å². The number of carbonyl (C=O) groups is 1. The van der Waals surface area contributed by atoms with E-state index in [0.29, 0.717) is 11.1 Å². The molecule has 0 bridgehead atoms. The van der Waals surface area contributed by atoms with Crippen molar-refractivity contribution in [1.29, 1.82) is 0 Å². The molecule has 0 atom stereocenters. The second kappa shape index (κ2) is 8.47. The summed E-state index contributed by atoms with van der Waals surface area (Å²) in [6.07, 6.45) is 1.36. The molecule has 9 nitrogen and oxygen atoms in total. The molecule has 0 aliphatic heterocycles. The van der Waals surface area contributed by atoms with E-state index in [1.807, 2.05) is 0 Å². The van der Waals surface area contributed by atoms with Crippen molar-refractivity contribution in [3.63, 3.8) is 0 Å². The van der Waals surface area contributed by atoms with Crippen molar-refractivity contribution < 1.29 is 24.3 Å². The second-order valence-corrected chi connectivity index (χ2v) is 5.24. The maximum absolute atomic E-state index is 11.7. The van der Waals surface area contributed by atoms with Gasteiger partial charge in [-0.3, -0.25) is 14.9 Å². The molecule has 0 saturated carbocycles. The molecule has 2 rings (SSSR count). The van der Waals surface area contributed by atoms with Crippen molar-refractivity contribution in [2.75, 3.05) is 13.7 Å². The van der Waals surface area contributed by atoms with Crippen LogP contribution in [0.5, 0.6) is 17.2 Å². The van der Waals surface area contributed by atoms with E-state index in [2.05, 4.69) is 10.5 Å². The number of hydrogen-bond acceptors (Lipinski definition) is 7. The predicted molar refractivity (Wildman–Crippen MR) is 93.7 cm³/mol. The average Bonchev–Trinajstić information content (AvgIpc) is 2.61. The van der Waals surface area contributed by atoms with Crippen LogP contribution in [0.25, 0.3) is 0 Å². The van der Waals surface area contributed by atoms with Gasteiger partial charge in [-0.1, -0.05) is 6.07 Å². The Morgan fingerprint density at radius 1 is 1.31 bits per heavy atom. The zero-order valence-corrected chi connectivity index (χ0v) is 14.1. The summed E-state index contributed by atoms with van der Waals surface area (Å²) in [4.78, 5) is 22.2. The third-order valence-electron chi connectivity index (χ3n) is 3.28. The van der Waals surface area contributed by atoms with Crippen LogP contribution >= 0.6 is 0 Å². The number of carbonyl (C=O) groups excluding carboxylic acids is 1. The summed E-state index contributed by atoms with van der Waals surface area (Å²) in [7, 11) is 1.42. The lowest BCUT2D eigenvalue weighted by atomic mass is 10.2. The molecular weight excluding hydrogens is 342 g/mol. The number of benzene rings is 2. The maximum Gasteiger partial charge on any atom is 0.311 e. The molecule has 136 valence electrons. The first-order chi connectivity index (χ1) is 12.4. The molecule has 2 aromatic rings. The smallest absolute Gasteiger partial charge is 0.311 e. The van der Waals surface area contributed by atoms with E-state index < -0.39 is 17.4 Å². The fourth-order valence-electron chi connectivity index (χ4n) is 2.02. The number of amides is 1. The number of ether oxygens (including phenoxy) is 2. The molecular formula is C17H17N3O6. The Bertz CT molecular complexity index is 850. The first kappa shape index (κ1) is 18.7. The van der Waals surface area contributed by atoms with Crippen LogP contribution in [0.15, 0.2) is 41.5 Å². The second-order valence-electron chi connectivity index (χ2n) is 5.24. The van der Waals surface area contributed by atoms with Crippen LogP contribution in [0.4, 0.5) is 5.69 Å². The normalized spacial score (nSPS) is 10.5. The molecule has 0 saturated heterocycles. The first-order valence-corrected chi connectivity index (χ1v) is 7.47. The molecule has 0 aliphatic rings. The standard InChI is InChI=1S/C17H17N3O6/c1-11-3-6-15(13(7-11)20(23)24)26-10-17(22)19-18-9-12-4-5-14(21)16(8-12)25-2/h3-9,21H,10H2,1-2H3,(H,19,22)/b18-9-. The Balaban J connectivity index is 1.93. The zero-order chi connectivity index (χ0) is 19.1. The van der Waals surface area contributed by atoms with E-state index in [1.165, 1.54) is 37.6 Å². The summed E-state index contributed by atoms with van der Waals surface area (Å²) in [5.74, 6) is -0.318. The zero-order valence-electron chi connectivity index (χ0n) is 14.1. The van der Waals surface area contributed by atoms with E-state index in [4.69, 9.17) is 9.47 Å². The molecule has 0 radical (unpaired) electrons. The van der Waals surface area contributed by atoms with Gasteiger partial charge in [-0.25, -0.2) is 5.43 Å². The maximum atomic E-state index is 11.7. The minimum Gasteiger partial charge on any atom is -0.504 e. The molecule has 26 heavy (non-hydrogen) atoms. The Labute approximate surface area is 149 Å². The molecule has 2 aromatic carbocycles. The summed E-state index contributed by atoms with van der Waals surface area (Å²) in [5, 5.41) is 24.3. The van der Waals surface area contributed by atoms with Gasteiger partial charge in [0.25, 0.3) is 5.91 Å². The van der Waals surface area contributed by atoms with Gasteiger partial charge in [0, 0.05) is 6.07 Å². The highest BCUT2D eigenvalue weighted by Gasteiger charge is 2.16. The predicted octanol–water partition coefficient (Wildman–Crippen LogP) is 2.15. The Hall–Kier alpha value is -3.62. The highest BCUT2D eigenvalue weighted by atomic mass is 16.6. The number of rotatable bonds is 7. The van der Waals surface area contributed by atoms with Crippen molar-refractivity contribution in [2.24, 2.45) is 5.10 Å². The number of nitrogens with zero attached hydrogens (tertiary/aromatic N) is 2. The van der Waals surface area contributed by atoms with Gasteiger partial charge in [0.05, 0.1) is 18.2 Å². The highest BCUT2D eigenvalue weighted by Crippen LogP contribution is 2.27. The lowest BCUT2D eigenvalue weighted by Crippen LogP contribution is -2.24. The fraction of sp³-hybridized carbons (Fsp3) is 0.176. The average molecular weight is 359 g/mol. The van der Waals surface area contributed by atoms with Gasteiger partial charge in [-0.05, 0) is 42.3 Å². The van der Waals surface area contributed by atoms with Gasteiger partial charge in [0.2, 0.25) is 0 Å². The summed E-state index contributed by atoms with van der Waals surface area (Å²) in [6, 6.07) is 9.01. The van der Waals surface area contributed by atoms with Gasteiger partial charge in [-0.15, -0.1) is 0 Å². The van der Waals surface area contributed by atoms with Crippen molar-refractivity contribution in [2.45, 2.75) is 6.92 Å². The van der Waals surface area contributed by atoms with Crippen LogP contribution in [0.2, 0.25) is 0 Å². The van der Waals surface area contributed by atoms with Crippen LogP contribution in [-0.2, 0) is 4.79 Å². The van der Waals surface area contributed by atoms with Gasteiger partial charge >= 0.3 is 5.69 Å². The van der Waals surface area contributed by atoms with Crippen LogP contribution < -0.4 is 14.9 Å². The SMILES string of the molecule is COc1cc(/C=N\NC(=O)COc2ccc(C)cc2[N+](=O)[O-])ccc1O. The number of hydrogen-bond donors (Lipinski definition) is 2. The van der Waals surface area contributed by atoms with E-state index in [9.17, 15) is 20.0 Å². The number of aryl methyl sites for hydroxylation is 1. The lowest BCUT2D eigenvalue weighted by molar-refractivity contribution is -0.385. The Morgan fingerprint density at radius 3 is 2.77 bits per heavy atom. The molecule has 2 N–H and O–H groups in total. The van der Waals surface area contributed by atoms with Crippen molar-refractivity contribution in [1.82, 2.24) is 5.43 Å². The van der Waals surface area contributed by atoms with Gasteiger partial charge < -0.3 is 14.6 Å². The third kappa shape index (κ3) is 4.94. The highest BCUT2D eigenvalue weighted by molar-refractivity contribution is 5.83. The lowest BCUT2D eigenvalue weighted by Gasteiger charge is -2.06. The van der Waals surface area contributed by atoms with E-state index >= 15 is 0 Å². The van der Waals surface area contributed by atoms with Crippen LogP contribution in [-0.4, -0.2) is 35.9 Å². The number of phenols is 1. The van der Waals surface area contributed by atoms with E-state index in [1.54, 1.807) is 19.1 Å². The number of nitro groups is 1. The summed E-state index contributed by atoms with van der Waals surface area (Å²) in [5.41, 5.74) is 3.34. The largest absolute Gasteiger partial charge is 0.504 e.